The van der Waals surface area contributed by atoms with Crippen LogP contribution in [0.5, 0.6) is 0 Å². The van der Waals surface area contributed by atoms with Gasteiger partial charge in [0.15, 0.2) is 0 Å². The van der Waals surface area contributed by atoms with Crippen LogP contribution < -0.4 is 0 Å². The molecule has 1 aromatic heterocycles. The van der Waals surface area contributed by atoms with Crippen LogP contribution in [0.4, 0.5) is 0 Å². The zero-order chi connectivity index (χ0) is 19.5. The SMILES string of the molecule is O=C(CCc1ccc(Cl)cc1)N(Cc1nnc(-c2ccc(Cl)cc2)o1)C1CC1. The topological polar surface area (TPSA) is 59.2 Å². The Balaban J connectivity index is 1.40. The van der Waals surface area contributed by atoms with Crippen molar-refractivity contribution in [2.24, 2.45) is 0 Å². The summed E-state index contributed by atoms with van der Waals surface area (Å²) in [5.41, 5.74) is 1.89. The molecule has 1 saturated carbocycles. The molecule has 0 bridgehead atoms. The quantitative estimate of drug-likeness (QED) is 0.534. The second kappa shape index (κ2) is 8.33. The third kappa shape index (κ3) is 4.72. The fraction of sp³-hybridized carbons (Fsp3) is 0.286. The van der Waals surface area contributed by atoms with E-state index in [-0.39, 0.29) is 11.9 Å². The number of halogens is 2. The number of rotatable bonds is 7. The number of carbonyl (C=O) groups is 1. The van der Waals surface area contributed by atoms with Gasteiger partial charge in [0, 0.05) is 28.1 Å². The summed E-state index contributed by atoms with van der Waals surface area (Å²) >= 11 is 11.8. The number of aromatic nitrogens is 2. The third-order valence-corrected chi connectivity index (χ3v) is 5.22. The molecule has 7 heteroatoms. The second-order valence-electron chi connectivity index (χ2n) is 6.89. The number of benzene rings is 2. The number of hydrogen-bond donors (Lipinski definition) is 0. The largest absolute Gasteiger partial charge is 0.419 e. The molecule has 1 amide bonds. The minimum Gasteiger partial charge on any atom is -0.419 e. The first-order valence-electron chi connectivity index (χ1n) is 9.21. The Bertz CT molecular complexity index is 951. The highest BCUT2D eigenvalue weighted by Gasteiger charge is 2.33. The Morgan fingerprint density at radius 2 is 1.64 bits per heavy atom. The summed E-state index contributed by atoms with van der Waals surface area (Å²) in [6.07, 6.45) is 3.16. The fourth-order valence-electron chi connectivity index (χ4n) is 3.03. The first-order valence-corrected chi connectivity index (χ1v) is 9.96. The van der Waals surface area contributed by atoms with Crippen LogP contribution in [0, 0.1) is 0 Å². The van der Waals surface area contributed by atoms with E-state index in [9.17, 15) is 4.79 Å². The van der Waals surface area contributed by atoms with E-state index in [1.807, 2.05) is 41.3 Å². The van der Waals surface area contributed by atoms with Gasteiger partial charge in [0.05, 0.1) is 6.54 Å². The van der Waals surface area contributed by atoms with Gasteiger partial charge in [-0.3, -0.25) is 4.79 Å². The van der Waals surface area contributed by atoms with E-state index in [0.717, 1.165) is 24.0 Å². The molecule has 2 aromatic carbocycles. The lowest BCUT2D eigenvalue weighted by Gasteiger charge is -2.20. The second-order valence-corrected chi connectivity index (χ2v) is 7.76. The van der Waals surface area contributed by atoms with Gasteiger partial charge in [-0.2, -0.15) is 0 Å². The molecule has 28 heavy (non-hydrogen) atoms. The first kappa shape index (κ1) is 19.0. The molecule has 0 spiro atoms. The van der Waals surface area contributed by atoms with Gasteiger partial charge < -0.3 is 9.32 Å². The summed E-state index contributed by atoms with van der Waals surface area (Å²) in [4.78, 5) is 14.6. The number of carbonyl (C=O) groups excluding carboxylic acids is 1. The van der Waals surface area contributed by atoms with Gasteiger partial charge in [-0.25, -0.2) is 0 Å². The van der Waals surface area contributed by atoms with Gasteiger partial charge in [-0.15, -0.1) is 10.2 Å². The summed E-state index contributed by atoms with van der Waals surface area (Å²) in [5, 5.41) is 9.56. The maximum Gasteiger partial charge on any atom is 0.247 e. The lowest BCUT2D eigenvalue weighted by Crippen LogP contribution is -2.32. The molecule has 0 aliphatic heterocycles. The highest BCUT2D eigenvalue weighted by atomic mass is 35.5. The van der Waals surface area contributed by atoms with Crippen LogP contribution in [-0.2, 0) is 17.8 Å². The summed E-state index contributed by atoms with van der Waals surface area (Å²) in [6.45, 7) is 0.338. The van der Waals surface area contributed by atoms with Crippen molar-refractivity contribution in [2.45, 2.75) is 38.3 Å². The molecule has 1 fully saturated rings. The summed E-state index contributed by atoms with van der Waals surface area (Å²) < 4.78 is 5.77. The van der Waals surface area contributed by atoms with Crippen molar-refractivity contribution in [1.29, 1.82) is 0 Å². The van der Waals surface area contributed by atoms with E-state index in [0.29, 0.717) is 41.2 Å². The number of hydrogen-bond acceptors (Lipinski definition) is 4. The molecule has 3 aromatic rings. The molecule has 0 atom stereocenters. The summed E-state index contributed by atoms with van der Waals surface area (Å²) in [5.74, 6) is 0.969. The van der Waals surface area contributed by atoms with Crippen molar-refractivity contribution in [2.75, 3.05) is 0 Å². The summed E-state index contributed by atoms with van der Waals surface area (Å²) in [6, 6.07) is 15.1. The molecular weight excluding hydrogens is 397 g/mol. The Kier molecular flexibility index (Phi) is 5.64. The lowest BCUT2D eigenvalue weighted by atomic mass is 10.1. The minimum absolute atomic E-state index is 0.101. The van der Waals surface area contributed by atoms with Gasteiger partial charge in [-0.05, 0) is 61.2 Å². The predicted molar refractivity (Wildman–Crippen MR) is 108 cm³/mol. The maximum absolute atomic E-state index is 12.8. The zero-order valence-corrected chi connectivity index (χ0v) is 16.7. The van der Waals surface area contributed by atoms with Crippen LogP contribution in [-0.4, -0.2) is 27.0 Å². The molecule has 0 saturated heterocycles. The molecule has 0 N–H and O–H groups in total. The van der Waals surface area contributed by atoms with Gasteiger partial charge in [-0.1, -0.05) is 35.3 Å². The van der Waals surface area contributed by atoms with Gasteiger partial charge in [0.25, 0.3) is 0 Å². The maximum atomic E-state index is 12.8. The molecule has 0 radical (unpaired) electrons. The lowest BCUT2D eigenvalue weighted by molar-refractivity contribution is -0.132. The van der Waals surface area contributed by atoms with Crippen LogP contribution in [0.2, 0.25) is 10.0 Å². The molecule has 5 nitrogen and oxygen atoms in total. The predicted octanol–water partition coefficient (Wildman–Crippen LogP) is 5.17. The Morgan fingerprint density at radius 3 is 2.29 bits per heavy atom. The highest BCUT2D eigenvalue weighted by molar-refractivity contribution is 6.30. The van der Waals surface area contributed by atoms with Crippen molar-refractivity contribution in [1.82, 2.24) is 15.1 Å². The van der Waals surface area contributed by atoms with Crippen LogP contribution >= 0.6 is 23.2 Å². The normalized spacial score (nSPS) is 13.5. The van der Waals surface area contributed by atoms with E-state index in [4.69, 9.17) is 27.6 Å². The number of amides is 1. The van der Waals surface area contributed by atoms with E-state index in [1.54, 1.807) is 12.1 Å². The van der Waals surface area contributed by atoms with E-state index in [2.05, 4.69) is 10.2 Å². The molecule has 1 aliphatic rings. The first-order chi connectivity index (χ1) is 13.6. The van der Waals surface area contributed by atoms with Gasteiger partial charge in [0.2, 0.25) is 17.7 Å². The number of nitrogens with zero attached hydrogens (tertiary/aromatic N) is 3. The Morgan fingerprint density at radius 1 is 1.00 bits per heavy atom. The minimum atomic E-state index is 0.101. The average molecular weight is 416 g/mol. The van der Waals surface area contributed by atoms with Crippen molar-refractivity contribution in [3.8, 4) is 11.5 Å². The monoisotopic (exact) mass is 415 g/mol. The van der Waals surface area contributed by atoms with Crippen molar-refractivity contribution in [3.63, 3.8) is 0 Å². The van der Waals surface area contributed by atoms with Crippen LogP contribution in [0.25, 0.3) is 11.5 Å². The van der Waals surface area contributed by atoms with Crippen molar-refractivity contribution < 1.29 is 9.21 Å². The smallest absolute Gasteiger partial charge is 0.247 e. The standard InChI is InChI=1S/C21H19Cl2N3O2/c22-16-6-1-14(2-7-16)3-12-20(27)26(18-10-11-18)13-19-24-25-21(28-19)15-4-8-17(23)9-5-15/h1-2,4-9,18H,3,10-13H2. The highest BCUT2D eigenvalue weighted by Crippen LogP contribution is 2.30. The van der Waals surface area contributed by atoms with E-state index >= 15 is 0 Å². The number of aryl methyl sites for hydroxylation is 1. The molecule has 144 valence electrons. The molecular formula is C21H19Cl2N3O2. The molecule has 0 unspecified atom stereocenters. The molecule has 1 heterocycles. The van der Waals surface area contributed by atoms with Crippen molar-refractivity contribution >= 4 is 29.1 Å². The van der Waals surface area contributed by atoms with Gasteiger partial charge >= 0.3 is 0 Å². The zero-order valence-electron chi connectivity index (χ0n) is 15.1. The molecule has 1 aliphatic carbocycles. The summed E-state index contributed by atoms with van der Waals surface area (Å²) in [7, 11) is 0. The van der Waals surface area contributed by atoms with Crippen molar-refractivity contribution in [3.05, 3.63) is 70.0 Å². The van der Waals surface area contributed by atoms with E-state index in [1.165, 1.54) is 0 Å². The van der Waals surface area contributed by atoms with Gasteiger partial charge in [0.1, 0.15) is 0 Å². The third-order valence-electron chi connectivity index (χ3n) is 4.71. The van der Waals surface area contributed by atoms with Crippen LogP contribution in [0.1, 0.15) is 30.7 Å². The van der Waals surface area contributed by atoms with Crippen LogP contribution in [0.15, 0.2) is 52.9 Å². The Labute approximate surface area is 173 Å². The fourth-order valence-corrected chi connectivity index (χ4v) is 3.28. The molecule has 4 rings (SSSR count). The van der Waals surface area contributed by atoms with E-state index < -0.39 is 0 Å². The van der Waals surface area contributed by atoms with Crippen LogP contribution in [0.3, 0.4) is 0 Å². The average Bonchev–Trinajstić information content (AvgIpc) is 3.44. The Hall–Kier alpha value is -2.37.